The van der Waals surface area contributed by atoms with E-state index in [1.165, 1.54) is 38.0 Å². The first kappa shape index (κ1) is 13.3. The maximum absolute atomic E-state index is 5.52. The number of benzene rings is 1. The van der Waals surface area contributed by atoms with Crippen LogP contribution in [0.2, 0.25) is 0 Å². The van der Waals surface area contributed by atoms with Crippen LogP contribution in [0.25, 0.3) is 0 Å². The molecule has 2 saturated heterocycles. The number of fused-ring (bicyclic) bond motifs is 2. The first-order valence-corrected chi connectivity index (χ1v) is 7.79. The summed E-state index contributed by atoms with van der Waals surface area (Å²) in [6.07, 6.45) is 2.57. The van der Waals surface area contributed by atoms with Crippen LogP contribution in [0.15, 0.2) is 16.6 Å². The van der Waals surface area contributed by atoms with Gasteiger partial charge in [0.05, 0.1) is 12.8 Å². The van der Waals surface area contributed by atoms with Crippen LogP contribution in [0.5, 0.6) is 5.75 Å². The predicted molar refractivity (Wildman–Crippen MR) is 82.0 cm³/mol. The Balaban J connectivity index is 1.82. The smallest absolute Gasteiger partial charge is 0.143 e. The Kier molecular flexibility index (Phi) is 3.72. The highest BCUT2D eigenvalue weighted by Crippen LogP contribution is 2.36. The van der Waals surface area contributed by atoms with Crippen molar-refractivity contribution in [1.29, 1.82) is 0 Å². The summed E-state index contributed by atoms with van der Waals surface area (Å²) >= 11 is 3.53. The average Bonchev–Trinajstić information content (AvgIpc) is 2.77. The standard InChI is InChI=1S/C15H21BrN2O/c1-10-7-12(16)8-14(19-2)15(10)17-13-4-6-18-5-3-11(13)9-18/h7-8,11,13,17H,3-6,9H2,1-2H3. The Bertz CT molecular complexity index is 477. The highest BCUT2D eigenvalue weighted by Gasteiger charge is 2.34. The van der Waals surface area contributed by atoms with Crippen LogP contribution >= 0.6 is 15.9 Å². The van der Waals surface area contributed by atoms with Crippen molar-refractivity contribution in [3.63, 3.8) is 0 Å². The van der Waals surface area contributed by atoms with Crippen molar-refractivity contribution in [2.75, 3.05) is 32.1 Å². The van der Waals surface area contributed by atoms with Crippen molar-refractivity contribution in [3.8, 4) is 5.75 Å². The molecule has 0 amide bonds. The Morgan fingerprint density at radius 2 is 2.11 bits per heavy atom. The molecule has 0 radical (unpaired) electrons. The minimum absolute atomic E-state index is 0.590. The fraction of sp³-hybridized carbons (Fsp3) is 0.600. The van der Waals surface area contributed by atoms with Crippen LogP contribution < -0.4 is 10.1 Å². The van der Waals surface area contributed by atoms with Gasteiger partial charge in [-0.25, -0.2) is 0 Å². The van der Waals surface area contributed by atoms with Crippen LogP contribution in [0.1, 0.15) is 18.4 Å². The molecule has 0 spiro atoms. The number of ether oxygens (including phenoxy) is 1. The summed E-state index contributed by atoms with van der Waals surface area (Å²) in [4.78, 5) is 2.58. The molecule has 2 heterocycles. The minimum Gasteiger partial charge on any atom is -0.495 e. The fourth-order valence-electron chi connectivity index (χ4n) is 3.39. The second kappa shape index (κ2) is 5.33. The van der Waals surface area contributed by atoms with Gasteiger partial charge in [0.2, 0.25) is 0 Å². The summed E-state index contributed by atoms with van der Waals surface area (Å²) in [6, 6.07) is 4.78. The van der Waals surface area contributed by atoms with Gasteiger partial charge in [-0.3, -0.25) is 0 Å². The first-order valence-electron chi connectivity index (χ1n) is 7.00. The number of hydrogen-bond acceptors (Lipinski definition) is 3. The summed E-state index contributed by atoms with van der Waals surface area (Å²) in [7, 11) is 1.74. The molecule has 1 aromatic rings. The van der Waals surface area contributed by atoms with Crippen LogP contribution in [0.4, 0.5) is 5.69 Å². The average molecular weight is 325 g/mol. The maximum Gasteiger partial charge on any atom is 0.143 e. The van der Waals surface area contributed by atoms with Gasteiger partial charge in [0.1, 0.15) is 5.75 Å². The Labute approximate surface area is 123 Å². The zero-order valence-electron chi connectivity index (χ0n) is 11.6. The fourth-order valence-corrected chi connectivity index (χ4v) is 3.94. The number of rotatable bonds is 3. The molecule has 0 saturated carbocycles. The molecule has 0 aliphatic carbocycles. The SMILES string of the molecule is COc1cc(Br)cc(C)c1NC1CCN2CCC1C2. The topological polar surface area (TPSA) is 24.5 Å². The van der Waals surface area contributed by atoms with Gasteiger partial charge in [-0.05, 0) is 49.9 Å². The van der Waals surface area contributed by atoms with Crippen LogP contribution in [0.3, 0.4) is 0 Å². The molecule has 2 fully saturated rings. The van der Waals surface area contributed by atoms with Crippen LogP contribution in [-0.4, -0.2) is 37.7 Å². The Morgan fingerprint density at radius 1 is 1.32 bits per heavy atom. The maximum atomic E-state index is 5.52. The lowest BCUT2D eigenvalue weighted by molar-refractivity contribution is 0.254. The van der Waals surface area contributed by atoms with E-state index in [2.05, 4.69) is 39.1 Å². The second-order valence-electron chi connectivity index (χ2n) is 5.69. The quantitative estimate of drug-likeness (QED) is 0.923. The number of anilines is 1. The number of piperidine rings is 1. The van der Waals surface area contributed by atoms with E-state index in [0.29, 0.717) is 6.04 Å². The van der Waals surface area contributed by atoms with E-state index in [9.17, 15) is 0 Å². The lowest BCUT2D eigenvalue weighted by Crippen LogP contribution is -2.39. The van der Waals surface area contributed by atoms with Gasteiger partial charge in [0, 0.05) is 23.6 Å². The van der Waals surface area contributed by atoms with Crippen LogP contribution in [0, 0.1) is 12.8 Å². The van der Waals surface area contributed by atoms with Gasteiger partial charge >= 0.3 is 0 Å². The number of halogens is 1. The molecule has 1 aromatic carbocycles. The summed E-state index contributed by atoms with van der Waals surface area (Å²) in [5, 5.41) is 3.75. The van der Waals surface area contributed by atoms with Gasteiger partial charge in [-0.2, -0.15) is 0 Å². The highest BCUT2D eigenvalue weighted by atomic mass is 79.9. The van der Waals surface area contributed by atoms with E-state index in [1.54, 1.807) is 7.11 Å². The molecule has 104 valence electrons. The molecule has 2 aliphatic heterocycles. The van der Waals surface area contributed by atoms with Crippen molar-refractivity contribution in [3.05, 3.63) is 22.2 Å². The molecular formula is C15H21BrN2O. The molecule has 4 heteroatoms. The van der Waals surface area contributed by atoms with Crippen molar-refractivity contribution in [1.82, 2.24) is 4.90 Å². The summed E-state index contributed by atoms with van der Waals surface area (Å²) in [6.45, 7) is 5.90. The van der Waals surface area contributed by atoms with E-state index in [0.717, 1.165) is 21.8 Å². The van der Waals surface area contributed by atoms with E-state index in [4.69, 9.17) is 4.74 Å². The molecule has 3 unspecified atom stereocenters. The summed E-state index contributed by atoms with van der Waals surface area (Å²) in [5.41, 5.74) is 2.41. The number of nitrogens with one attached hydrogen (secondary N) is 1. The van der Waals surface area contributed by atoms with Crippen molar-refractivity contribution in [2.45, 2.75) is 25.8 Å². The lowest BCUT2D eigenvalue weighted by atomic mass is 9.93. The van der Waals surface area contributed by atoms with Gasteiger partial charge in [0.15, 0.2) is 0 Å². The van der Waals surface area contributed by atoms with Gasteiger partial charge in [0.25, 0.3) is 0 Å². The van der Waals surface area contributed by atoms with E-state index >= 15 is 0 Å². The Morgan fingerprint density at radius 3 is 2.89 bits per heavy atom. The molecular weight excluding hydrogens is 304 g/mol. The van der Waals surface area contributed by atoms with Gasteiger partial charge in [-0.1, -0.05) is 15.9 Å². The number of hydrogen-bond donors (Lipinski definition) is 1. The minimum atomic E-state index is 0.590. The lowest BCUT2D eigenvalue weighted by Gasteiger charge is -2.32. The van der Waals surface area contributed by atoms with Crippen LogP contribution in [-0.2, 0) is 0 Å². The molecule has 1 N–H and O–H groups in total. The predicted octanol–water partition coefficient (Wildman–Crippen LogP) is 3.27. The molecule has 0 aromatic heterocycles. The summed E-state index contributed by atoms with van der Waals surface area (Å²) < 4.78 is 6.60. The van der Waals surface area contributed by atoms with E-state index < -0.39 is 0 Å². The number of nitrogens with zero attached hydrogens (tertiary/aromatic N) is 1. The van der Waals surface area contributed by atoms with Crippen molar-refractivity contribution >= 4 is 21.6 Å². The molecule has 19 heavy (non-hydrogen) atoms. The molecule has 3 rings (SSSR count). The largest absolute Gasteiger partial charge is 0.495 e. The molecule has 3 nitrogen and oxygen atoms in total. The van der Waals surface area contributed by atoms with E-state index in [1.807, 2.05) is 6.07 Å². The molecule has 2 aliphatic rings. The third-order valence-electron chi connectivity index (χ3n) is 4.45. The monoisotopic (exact) mass is 324 g/mol. The van der Waals surface area contributed by atoms with E-state index in [-0.39, 0.29) is 0 Å². The second-order valence-corrected chi connectivity index (χ2v) is 6.60. The molecule has 3 atom stereocenters. The van der Waals surface area contributed by atoms with Crippen molar-refractivity contribution in [2.24, 2.45) is 5.92 Å². The number of methoxy groups -OCH3 is 1. The number of aryl methyl sites for hydroxylation is 1. The van der Waals surface area contributed by atoms with Gasteiger partial charge < -0.3 is 15.0 Å². The first-order chi connectivity index (χ1) is 9.17. The molecule has 2 bridgehead atoms. The third kappa shape index (κ3) is 2.61. The Hall–Kier alpha value is -0.740. The zero-order valence-corrected chi connectivity index (χ0v) is 13.2. The summed E-state index contributed by atoms with van der Waals surface area (Å²) in [5.74, 6) is 1.73. The zero-order chi connectivity index (χ0) is 13.4. The van der Waals surface area contributed by atoms with Gasteiger partial charge in [-0.15, -0.1) is 0 Å². The normalized spacial score (nSPS) is 29.3. The third-order valence-corrected chi connectivity index (χ3v) is 4.91. The highest BCUT2D eigenvalue weighted by molar-refractivity contribution is 9.10. The van der Waals surface area contributed by atoms with Crippen molar-refractivity contribution < 1.29 is 4.74 Å².